The number of aliphatic carboxylic acids is 1. The van der Waals surface area contributed by atoms with Crippen LogP contribution in [0.3, 0.4) is 0 Å². The quantitative estimate of drug-likeness (QED) is 0.900. The fraction of sp³-hybridized carbons (Fsp3) is 0.462. The highest BCUT2D eigenvalue weighted by Gasteiger charge is 2.50. The second kappa shape index (κ2) is 5.81. The summed E-state index contributed by atoms with van der Waals surface area (Å²) in [5, 5.41) is 8.89. The predicted octanol–water partition coefficient (Wildman–Crippen LogP) is 1.43. The average Bonchev–Trinajstić information content (AvgIpc) is 2.46. The number of halogens is 2. The van der Waals surface area contributed by atoms with Crippen molar-refractivity contribution in [1.82, 2.24) is 4.31 Å². The molecule has 0 saturated carbocycles. The molecule has 2 rings (SSSR count). The summed E-state index contributed by atoms with van der Waals surface area (Å²) in [7, 11) is -2.69. The molecule has 1 N–H and O–H groups in total. The molecule has 9 heteroatoms. The summed E-state index contributed by atoms with van der Waals surface area (Å²) in [6.45, 7) is -1.20. The minimum atomic E-state index is -4.05. The Kier molecular flexibility index (Phi) is 4.39. The van der Waals surface area contributed by atoms with Gasteiger partial charge in [0.25, 0.3) is 5.92 Å². The third-order valence-corrected chi connectivity index (χ3v) is 5.43. The second-order valence-electron chi connectivity index (χ2n) is 4.94. The van der Waals surface area contributed by atoms with Crippen LogP contribution in [0.25, 0.3) is 0 Å². The minimum Gasteiger partial charge on any atom is -0.497 e. The van der Waals surface area contributed by atoms with Crippen LogP contribution in [-0.4, -0.2) is 49.9 Å². The van der Waals surface area contributed by atoms with Gasteiger partial charge in [0.2, 0.25) is 10.0 Å². The van der Waals surface area contributed by atoms with E-state index in [4.69, 9.17) is 9.84 Å². The lowest BCUT2D eigenvalue weighted by Gasteiger charge is -2.35. The standard InChI is InChI=1S/C13H15F2NO5S/c1-21-9-3-2-4-10(7-9)22(19,20)16-6-5-13(14,15)11(8-16)12(17)18/h2-4,7,11H,5-6,8H2,1H3,(H,17,18). The lowest BCUT2D eigenvalue weighted by Crippen LogP contribution is -2.52. The first-order chi connectivity index (χ1) is 10.2. The fourth-order valence-corrected chi connectivity index (χ4v) is 3.75. The van der Waals surface area contributed by atoms with E-state index in [2.05, 4.69) is 0 Å². The maximum absolute atomic E-state index is 13.6. The zero-order valence-electron chi connectivity index (χ0n) is 11.7. The van der Waals surface area contributed by atoms with E-state index in [0.717, 1.165) is 4.31 Å². The van der Waals surface area contributed by atoms with E-state index in [9.17, 15) is 22.0 Å². The van der Waals surface area contributed by atoms with Crippen molar-refractivity contribution in [2.75, 3.05) is 20.2 Å². The van der Waals surface area contributed by atoms with E-state index in [-0.39, 0.29) is 4.90 Å². The Balaban J connectivity index is 2.32. The van der Waals surface area contributed by atoms with Crippen LogP contribution in [0, 0.1) is 5.92 Å². The molecule has 1 heterocycles. The van der Waals surface area contributed by atoms with E-state index in [1.807, 2.05) is 0 Å². The fourth-order valence-electron chi connectivity index (χ4n) is 2.26. The zero-order valence-corrected chi connectivity index (χ0v) is 12.5. The van der Waals surface area contributed by atoms with Crippen molar-refractivity contribution in [2.24, 2.45) is 5.92 Å². The van der Waals surface area contributed by atoms with Gasteiger partial charge in [0.05, 0.1) is 12.0 Å². The van der Waals surface area contributed by atoms with Gasteiger partial charge in [-0.1, -0.05) is 6.07 Å². The van der Waals surface area contributed by atoms with Crippen LogP contribution < -0.4 is 4.74 Å². The number of methoxy groups -OCH3 is 1. The van der Waals surface area contributed by atoms with Crippen LogP contribution in [0.4, 0.5) is 8.78 Å². The third-order valence-electron chi connectivity index (χ3n) is 3.57. The van der Waals surface area contributed by atoms with Crippen LogP contribution in [-0.2, 0) is 14.8 Å². The molecule has 0 spiro atoms. The Labute approximate surface area is 126 Å². The number of rotatable bonds is 4. The van der Waals surface area contributed by atoms with Crippen molar-refractivity contribution in [3.63, 3.8) is 0 Å². The lowest BCUT2D eigenvalue weighted by molar-refractivity contribution is -0.163. The summed E-state index contributed by atoms with van der Waals surface area (Å²) in [4.78, 5) is 10.8. The second-order valence-corrected chi connectivity index (χ2v) is 6.88. The van der Waals surface area contributed by atoms with E-state index >= 15 is 0 Å². The molecule has 1 unspecified atom stereocenters. The van der Waals surface area contributed by atoms with Gasteiger partial charge < -0.3 is 9.84 Å². The van der Waals surface area contributed by atoms with Crippen LogP contribution in [0.1, 0.15) is 6.42 Å². The number of sulfonamides is 1. The molecule has 1 saturated heterocycles. The third kappa shape index (κ3) is 3.05. The zero-order chi connectivity index (χ0) is 16.5. The number of carboxylic acids is 1. The topological polar surface area (TPSA) is 83.9 Å². The maximum atomic E-state index is 13.6. The van der Waals surface area contributed by atoms with Crippen LogP contribution in [0.2, 0.25) is 0 Å². The summed E-state index contributed by atoms with van der Waals surface area (Å²) in [5.74, 6) is -6.89. The normalized spacial score (nSPS) is 22.2. The van der Waals surface area contributed by atoms with Gasteiger partial charge in [-0.25, -0.2) is 17.2 Å². The Hall–Kier alpha value is -1.74. The number of alkyl halides is 2. The van der Waals surface area contributed by atoms with Gasteiger partial charge in [-0.15, -0.1) is 0 Å². The van der Waals surface area contributed by atoms with Crippen molar-refractivity contribution >= 4 is 16.0 Å². The van der Waals surface area contributed by atoms with Gasteiger partial charge in [-0.05, 0) is 12.1 Å². The number of piperidine rings is 1. The molecule has 1 aliphatic rings. The Bertz CT molecular complexity index is 677. The molecule has 1 aromatic rings. The molecule has 1 aromatic carbocycles. The van der Waals surface area contributed by atoms with Gasteiger partial charge in [0, 0.05) is 25.6 Å². The molecule has 0 amide bonds. The molecule has 22 heavy (non-hydrogen) atoms. The lowest BCUT2D eigenvalue weighted by atomic mass is 9.95. The smallest absolute Gasteiger partial charge is 0.313 e. The van der Waals surface area contributed by atoms with Gasteiger partial charge in [0.1, 0.15) is 11.7 Å². The average molecular weight is 335 g/mol. The molecule has 0 aliphatic carbocycles. The molecule has 1 atom stereocenters. The number of carbonyl (C=O) groups is 1. The Morgan fingerprint density at radius 1 is 1.45 bits per heavy atom. The Morgan fingerprint density at radius 2 is 2.14 bits per heavy atom. The van der Waals surface area contributed by atoms with Gasteiger partial charge in [-0.3, -0.25) is 4.79 Å². The molecule has 1 fully saturated rings. The number of carboxylic acid groups (broad SMARTS) is 1. The number of nitrogens with zero attached hydrogens (tertiary/aromatic N) is 1. The molecule has 0 bridgehead atoms. The van der Waals surface area contributed by atoms with E-state index < -0.39 is 47.3 Å². The maximum Gasteiger partial charge on any atom is 0.313 e. The van der Waals surface area contributed by atoms with E-state index in [1.165, 1.54) is 25.3 Å². The molecule has 1 aliphatic heterocycles. The number of hydrogen-bond donors (Lipinski definition) is 1. The van der Waals surface area contributed by atoms with Crippen LogP contribution >= 0.6 is 0 Å². The highest BCUT2D eigenvalue weighted by Crippen LogP contribution is 2.36. The predicted molar refractivity (Wildman–Crippen MR) is 72.4 cm³/mol. The largest absolute Gasteiger partial charge is 0.497 e. The first kappa shape index (κ1) is 16.6. The van der Waals surface area contributed by atoms with Crippen molar-refractivity contribution in [2.45, 2.75) is 17.2 Å². The summed E-state index contributed by atoms with van der Waals surface area (Å²) < 4.78 is 57.8. The first-order valence-corrected chi connectivity index (χ1v) is 7.87. The van der Waals surface area contributed by atoms with Gasteiger partial charge in [0.15, 0.2) is 0 Å². The monoisotopic (exact) mass is 335 g/mol. The van der Waals surface area contributed by atoms with Crippen molar-refractivity contribution < 1.29 is 31.8 Å². The highest BCUT2D eigenvalue weighted by atomic mass is 32.2. The number of hydrogen-bond acceptors (Lipinski definition) is 4. The summed E-state index contributed by atoms with van der Waals surface area (Å²) in [5.41, 5.74) is 0. The van der Waals surface area contributed by atoms with E-state index in [0.29, 0.717) is 5.75 Å². The van der Waals surface area contributed by atoms with Crippen molar-refractivity contribution in [1.29, 1.82) is 0 Å². The van der Waals surface area contributed by atoms with E-state index in [1.54, 1.807) is 6.07 Å². The number of benzene rings is 1. The van der Waals surface area contributed by atoms with Crippen LogP contribution in [0.15, 0.2) is 29.2 Å². The molecule has 0 radical (unpaired) electrons. The first-order valence-electron chi connectivity index (χ1n) is 6.43. The molecule has 0 aromatic heterocycles. The number of ether oxygens (including phenoxy) is 1. The molecule has 6 nitrogen and oxygen atoms in total. The van der Waals surface area contributed by atoms with Gasteiger partial charge >= 0.3 is 5.97 Å². The summed E-state index contributed by atoms with van der Waals surface area (Å²) in [6.07, 6.45) is -0.826. The van der Waals surface area contributed by atoms with Crippen LogP contribution in [0.5, 0.6) is 5.75 Å². The highest BCUT2D eigenvalue weighted by molar-refractivity contribution is 7.89. The Morgan fingerprint density at radius 3 is 2.73 bits per heavy atom. The van der Waals surface area contributed by atoms with Gasteiger partial charge in [-0.2, -0.15) is 4.31 Å². The van der Waals surface area contributed by atoms with Crippen molar-refractivity contribution in [3.05, 3.63) is 24.3 Å². The SMILES string of the molecule is COc1cccc(S(=O)(=O)N2CCC(F)(F)C(C(=O)O)C2)c1. The summed E-state index contributed by atoms with van der Waals surface area (Å²) in [6, 6.07) is 5.57. The molecule has 122 valence electrons. The minimum absolute atomic E-state index is 0.124. The molecular formula is C13H15F2NO5S. The molecular weight excluding hydrogens is 320 g/mol. The van der Waals surface area contributed by atoms with Crippen molar-refractivity contribution in [3.8, 4) is 5.75 Å². The summed E-state index contributed by atoms with van der Waals surface area (Å²) >= 11 is 0.